The summed E-state index contributed by atoms with van der Waals surface area (Å²) in [5, 5.41) is 0. The monoisotopic (exact) mass is 347 g/mol. The lowest BCUT2D eigenvalue weighted by atomic mass is 9.60. The predicted molar refractivity (Wildman–Crippen MR) is 105 cm³/mol. The molecule has 2 aliphatic carbocycles. The number of fused-ring (bicyclic) bond motifs is 3. The minimum atomic E-state index is -0.518. The highest BCUT2D eigenvalue weighted by Crippen LogP contribution is 2.58. The lowest BCUT2D eigenvalue weighted by Crippen LogP contribution is -2.51. The van der Waals surface area contributed by atoms with Gasteiger partial charge in [-0.05, 0) is 46.9 Å². The molecule has 1 radical (unpaired) electrons. The van der Waals surface area contributed by atoms with Crippen molar-refractivity contribution in [3.8, 4) is 11.1 Å². The van der Waals surface area contributed by atoms with Crippen molar-refractivity contribution < 1.29 is 9.53 Å². The Morgan fingerprint density at radius 1 is 1.00 bits per heavy atom. The predicted octanol–water partition coefficient (Wildman–Crippen LogP) is 5.71. The van der Waals surface area contributed by atoms with Gasteiger partial charge in [-0.25, -0.2) is 4.79 Å². The lowest BCUT2D eigenvalue weighted by molar-refractivity contribution is -0.0801. The van der Waals surface area contributed by atoms with E-state index in [1.165, 1.54) is 28.7 Å². The van der Waals surface area contributed by atoms with Crippen LogP contribution in [0.1, 0.15) is 57.1 Å². The van der Waals surface area contributed by atoms with Crippen LogP contribution in [0.2, 0.25) is 0 Å². The summed E-state index contributed by atoms with van der Waals surface area (Å²) in [6.45, 7) is 8.68. The summed E-state index contributed by atoms with van der Waals surface area (Å²) in [5.74, 6) is 1.42. The van der Waals surface area contributed by atoms with E-state index in [1.807, 2.05) is 6.47 Å². The van der Waals surface area contributed by atoms with Gasteiger partial charge in [-0.15, -0.1) is 0 Å². The highest BCUT2D eigenvalue weighted by atomic mass is 16.5. The average Bonchev–Trinajstić information content (AvgIpc) is 2.96. The van der Waals surface area contributed by atoms with E-state index in [1.54, 1.807) is 0 Å². The van der Waals surface area contributed by atoms with E-state index in [-0.39, 0.29) is 5.92 Å². The largest absolute Gasteiger partial charge is 0.449 e. The third-order valence-electron chi connectivity index (χ3n) is 6.62. The fourth-order valence-corrected chi connectivity index (χ4v) is 5.67. The Labute approximate surface area is 156 Å². The van der Waals surface area contributed by atoms with Gasteiger partial charge in [0.05, 0.1) is 5.92 Å². The van der Waals surface area contributed by atoms with Crippen LogP contribution in [0, 0.1) is 17.8 Å². The molecule has 1 fully saturated rings. The highest BCUT2D eigenvalue weighted by molar-refractivity contribution is 5.79. The number of ether oxygens (including phenoxy) is 1. The van der Waals surface area contributed by atoms with Crippen LogP contribution in [0.25, 0.3) is 11.1 Å². The molecule has 1 saturated carbocycles. The first-order valence-corrected chi connectivity index (χ1v) is 9.82. The van der Waals surface area contributed by atoms with Crippen molar-refractivity contribution in [1.29, 1.82) is 0 Å². The molecule has 2 aromatic rings. The number of hydrogen-bond acceptors (Lipinski definition) is 2. The van der Waals surface area contributed by atoms with Crippen LogP contribution in [-0.4, -0.2) is 12.1 Å². The van der Waals surface area contributed by atoms with E-state index in [9.17, 15) is 4.79 Å². The highest BCUT2D eigenvalue weighted by Gasteiger charge is 2.55. The Balaban J connectivity index is 1.95. The van der Waals surface area contributed by atoms with Gasteiger partial charge in [-0.1, -0.05) is 75.7 Å². The number of carbonyl (C=O) groups excluding carboxylic acids is 1. The number of hydrogen-bond donors (Lipinski definition) is 0. The Hall–Kier alpha value is -2.09. The van der Waals surface area contributed by atoms with Crippen molar-refractivity contribution in [3.05, 3.63) is 59.7 Å². The van der Waals surface area contributed by atoms with Crippen LogP contribution in [0.15, 0.2) is 48.5 Å². The Morgan fingerprint density at radius 2 is 1.58 bits per heavy atom. The molecule has 0 bridgehead atoms. The third-order valence-corrected chi connectivity index (χ3v) is 6.62. The van der Waals surface area contributed by atoms with Crippen molar-refractivity contribution >= 4 is 6.47 Å². The first-order chi connectivity index (χ1) is 12.6. The summed E-state index contributed by atoms with van der Waals surface area (Å²) < 4.78 is 6.01. The minimum Gasteiger partial charge on any atom is -0.449 e. The maximum absolute atomic E-state index is 11.6. The topological polar surface area (TPSA) is 26.3 Å². The van der Waals surface area contributed by atoms with Crippen molar-refractivity contribution in [2.45, 2.75) is 51.6 Å². The SMILES string of the molecule is CC1CCC(C(C)C)C(O[C]=O)(C2c3ccccc3-c3ccccc32)C1. The van der Waals surface area contributed by atoms with Gasteiger partial charge in [0.1, 0.15) is 5.60 Å². The summed E-state index contributed by atoms with van der Waals surface area (Å²) in [5.41, 5.74) is 4.63. The second-order valence-electron chi connectivity index (χ2n) is 8.49. The first-order valence-electron chi connectivity index (χ1n) is 9.82. The van der Waals surface area contributed by atoms with Crippen LogP contribution < -0.4 is 0 Å². The molecule has 0 N–H and O–H groups in total. The maximum Gasteiger partial charge on any atom is 0.418 e. The van der Waals surface area contributed by atoms with Crippen LogP contribution in [0.5, 0.6) is 0 Å². The maximum atomic E-state index is 11.6. The van der Waals surface area contributed by atoms with Crippen molar-refractivity contribution in [2.24, 2.45) is 17.8 Å². The molecule has 2 heteroatoms. The molecular formula is C24H27O2. The summed E-state index contributed by atoms with van der Waals surface area (Å²) in [4.78, 5) is 11.6. The van der Waals surface area contributed by atoms with Crippen molar-refractivity contribution in [1.82, 2.24) is 0 Å². The summed E-state index contributed by atoms with van der Waals surface area (Å²) in [7, 11) is 0. The van der Waals surface area contributed by atoms with Gasteiger partial charge in [0, 0.05) is 5.92 Å². The molecule has 3 atom stereocenters. The zero-order chi connectivity index (χ0) is 18.3. The zero-order valence-corrected chi connectivity index (χ0v) is 15.9. The van der Waals surface area contributed by atoms with Crippen LogP contribution >= 0.6 is 0 Å². The van der Waals surface area contributed by atoms with Gasteiger partial charge < -0.3 is 4.74 Å². The van der Waals surface area contributed by atoms with Crippen LogP contribution in [0.3, 0.4) is 0 Å². The summed E-state index contributed by atoms with van der Waals surface area (Å²) in [6, 6.07) is 17.2. The molecule has 0 heterocycles. The van der Waals surface area contributed by atoms with E-state index < -0.39 is 5.60 Å². The molecule has 2 aliphatic rings. The molecule has 26 heavy (non-hydrogen) atoms. The Morgan fingerprint density at radius 3 is 2.12 bits per heavy atom. The first kappa shape index (κ1) is 17.3. The smallest absolute Gasteiger partial charge is 0.418 e. The molecule has 0 spiro atoms. The van der Waals surface area contributed by atoms with Crippen LogP contribution in [-0.2, 0) is 9.53 Å². The normalized spacial score (nSPS) is 27.8. The molecule has 2 nitrogen and oxygen atoms in total. The van der Waals surface area contributed by atoms with Gasteiger partial charge in [0.15, 0.2) is 0 Å². The van der Waals surface area contributed by atoms with Gasteiger partial charge in [0.2, 0.25) is 0 Å². The molecular weight excluding hydrogens is 320 g/mol. The molecule has 135 valence electrons. The lowest BCUT2D eigenvalue weighted by Gasteiger charge is -2.50. The second-order valence-corrected chi connectivity index (χ2v) is 8.49. The van der Waals surface area contributed by atoms with Crippen LogP contribution in [0.4, 0.5) is 0 Å². The fourth-order valence-electron chi connectivity index (χ4n) is 5.67. The van der Waals surface area contributed by atoms with Crippen molar-refractivity contribution in [2.75, 3.05) is 0 Å². The minimum absolute atomic E-state index is 0.0894. The standard InChI is InChI=1S/C24H27O2/c1-16(2)22-13-12-17(3)14-24(22,26-15-25)23-20-10-6-4-8-18(20)19-9-5-7-11-21(19)23/h4-11,16-17,22-23H,12-14H2,1-3H3. The van der Waals surface area contributed by atoms with Gasteiger partial charge in [0.25, 0.3) is 0 Å². The summed E-state index contributed by atoms with van der Waals surface area (Å²) in [6.07, 6.45) is 3.20. The zero-order valence-electron chi connectivity index (χ0n) is 15.9. The van der Waals surface area contributed by atoms with Crippen molar-refractivity contribution in [3.63, 3.8) is 0 Å². The molecule has 0 saturated heterocycles. The van der Waals surface area contributed by atoms with E-state index >= 15 is 0 Å². The van der Waals surface area contributed by atoms with Gasteiger partial charge >= 0.3 is 6.47 Å². The Bertz CT molecular complexity index is 764. The number of rotatable bonds is 4. The molecule has 3 unspecified atom stereocenters. The molecule has 4 rings (SSSR count). The van der Waals surface area contributed by atoms with E-state index in [2.05, 4.69) is 69.3 Å². The molecule has 0 aliphatic heterocycles. The molecule has 2 aromatic carbocycles. The van der Waals surface area contributed by atoms with Gasteiger partial charge in [-0.2, -0.15) is 0 Å². The molecule has 0 amide bonds. The average molecular weight is 347 g/mol. The Kier molecular flexibility index (Phi) is 4.38. The van der Waals surface area contributed by atoms with E-state index in [4.69, 9.17) is 4.74 Å². The van der Waals surface area contributed by atoms with E-state index in [0.29, 0.717) is 17.8 Å². The van der Waals surface area contributed by atoms with Gasteiger partial charge in [-0.3, -0.25) is 0 Å². The molecule has 0 aromatic heterocycles. The third kappa shape index (κ3) is 2.50. The van der Waals surface area contributed by atoms with E-state index in [0.717, 1.165) is 12.8 Å². The summed E-state index contributed by atoms with van der Waals surface area (Å²) >= 11 is 0. The second kappa shape index (κ2) is 6.57. The quantitative estimate of drug-likeness (QED) is 0.707. The fraction of sp³-hybridized carbons (Fsp3) is 0.458. The number of benzene rings is 2.